The molecule has 1 fully saturated rings. The first kappa shape index (κ1) is 11.0. The molecule has 0 bridgehead atoms. The second-order valence-electron chi connectivity index (χ2n) is 4.72. The van der Waals surface area contributed by atoms with Crippen LogP contribution in [0.4, 0.5) is 0 Å². The molecular weight excluding hydrogens is 160 g/mol. The Labute approximate surface area is 82.1 Å². The molecule has 2 nitrogen and oxygen atoms in total. The lowest BCUT2D eigenvalue weighted by Gasteiger charge is -2.21. The predicted molar refractivity (Wildman–Crippen MR) is 57.4 cm³/mol. The molecule has 0 spiro atoms. The Bertz CT molecular complexity index is 136. The molecule has 0 aromatic carbocycles. The molecule has 0 aromatic rings. The van der Waals surface area contributed by atoms with Crippen molar-refractivity contribution < 1.29 is 0 Å². The maximum absolute atomic E-state index is 6.02. The van der Waals surface area contributed by atoms with Crippen LogP contribution < -0.4 is 11.5 Å². The van der Waals surface area contributed by atoms with E-state index in [9.17, 15) is 0 Å². The topological polar surface area (TPSA) is 52.0 Å². The highest BCUT2D eigenvalue weighted by Gasteiger charge is 2.13. The second-order valence-corrected chi connectivity index (χ2v) is 4.72. The highest BCUT2D eigenvalue weighted by molar-refractivity contribution is 4.72. The molecule has 13 heavy (non-hydrogen) atoms. The van der Waals surface area contributed by atoms with Crippen LogP contribution in [0.15, 0.2) is 0 Å². The van der Waals surface area contributed by atoms with Crippen LogP contribution in [0.25, 0.3) is 0 Å². The molecule has 0 heterocycles. The minimum Gasteiger partial charge on any atom is -0.328 e. The van der Waals surface area contributed by atoms with Crippen molar-refractivity contribution >= 4 is 0 Å². The Hall–Kier alpha value is -0.0800. The summed E-state index contributed by atoms with van der Waals surface area (Å²) in [4.78, 5) is 0. The van der Waals surface area contributed by atoms with Crippen molar-refractivity contribution in [2.24, 2.45) is 17.4 Å². The second kappa shape index (κ2) is 5.61. The first-order valence-corrected chi connectivity index (χ1v) is 5.69. The molecule has 3 atom stereocenters. The molecule has 3 unspecified atom stereocenters. The quantitative estimate of drug-likeness (QED) is 0.605. The van der Waals surface area contributed by atoms with Gasteiger partial charge in [-0.25, -0.2) is 0 Å². The van der Waals surface area contributed by atoms with E-state index in [-0.39, 0.29) is 0 Å². The van der Waals surface area contributed by atoms with Crippen LogP contribution in [-0.4, -0.2) is 12.1 Å². The van der Waals surface area contributed by atoms with Crippen LogP contribution >= 0.6 is 0 Å². The van der Waals surface area contributed by atoms with Crippen molar-refractivity contribution in [2.45, 2.75) is 64.0 Å². The van der Waals surface area contributed by atoms with Crippen LogP contribution in [0.1, 0.15) is 51.9 Å². The van der Waals surface area contributed by atoms with Crippen molar-refractivity contribution in [1.29, 1.82) is 0 Å². The third-order valence-electron chi connectivity index (χ3n) is 3.14. The van der Waals surface area contributed by atoms with E-state index in [1.165, 1.54) is 32.1 Å². The Kier molecular flexibility index (Phi) is 4.74. The molecule has 0 aromatic heterocycles. The zero-order valence-electron chi connectivity index (χ0n) is 8.84. The van der Waals surface area contributed by atoms with Crippen LogP contribution in [-0.2, 0) is 0 Å². The third-order valence-corrected chi connectivity index (χ3v) is 3.14. The molecule has 4 N–H and O–H groups in total. The normalized spacial score (nSPS) is 38.5. The number of hydrogen-bond donors (Lipinski definition) is 2. The van der Waals surface area contributed by atoms with E-state index in [0.29, 0.717) is 12.1 Å². The van der Waals surface area contributed by atoms with Gasteiger partial charge in [0.2, 0.25) is 0 Å². The van der Waals surface area contributed by atoms with Gasteiger partial charge in [-0.05, 0) is 31.6 Å². The fourth-order valence-electron chi connectivity index (χ4n) is 2.22. The van der Waals surface area contributed by atoms with Gasteiger partial charge < -0.3 is 11.5 Å². The standard InChI is InChI=1S/C11H24N2/c1-9-4-2-3-5-10(12)6-7-11(13)8-9/h9-11H,2-8,12-13H2,1H3. The first-order chi connectivity index (χ1) is 6.18. The molecule has 0 radical (unpaired) electrons. The van der Waals surface area contributed by atoms with E-state index in [4.69, 9.17) is 11.5 Å². The molecule has 0 amide bonds. The molecule has 78 valence electrons. The maximum atomic E-state index is 6.02. The zero-order chi connectivity index (χ0) is 9.68. The Morgan fingerprint density at radius 2 is 1.46 bits per heavy atom. The van der Waals surface area contributed by atoms with Gasteiger partial charge in [-0.1, -0.05) is 26.2 Å². The molecule has 2 heteroatoms. The van der Waals surface area contributed by atoms with E-state index >= 15 is 0 Å². The average Bonchev–Trinajstić information content (AvgIpc) is 2.08. The van der Waals surface area contributed by atoms with Gasteiger partial charge in [0.25, 0.3) is 0 Å². The van der Waals surface area contributed by atoms with E-state index in [2.05, 4.69) is 6.92 Å². The Morgan fingerprint density at radius 3 is 2.23 bits per heavy atom. The largest absolute Gasteiger partial charge is 0.328 e. The molecule has 0 aliphatic heterocycles. The van der Waals surface area contributed by atoms with Crippen molar-refractivity contribution in [2.75, 3.05) is 0 Å². The summed E-state index contributed by atoms with van der Waals surface area (Å²) in [5.41, 5.74) is 12.0. The fourth-order valence-corrected chi connectivity index (χ4v) is 2.22. The van der Waals surface area contributed by atoms with Crippen molar-refractivity contribution in [3.63, 3.8) is 0 Å². The van der Waals surface area contributed by atoms with E-state index < -0.39 is 0 Å². The summed E-state index contributed by atoms with van der Waals surface area (Å²) in [5, 5.41) is 0. The van der Waals surface area contributed by atoms with Crippen molar-refractivity contribution in [3.05, 3.63) is 0 Å². The van der Waals surface area contributed by atoms with Gasteiger partial charge in [0.15, 0.2) is 0 Å². The van der Waals surface area contributed by atoms with Crippen molar-refractivity contribution in [3.8, 4) is 0 Å². The van der Waals surface area contributed by atoms with Gasteiger partial charge in [0.1, 0.15) is 0 Å². The van der Waals surface area contributed by atoms with Gasteiger partial charge in [0.05, 0.1) is 0 Å². The number of hydrogen-bond acceptors (Lipinski definition) is 2. The lowest BCUT2D eigenvalue weighted by Crippen LogP contribution is -2.28. The average molecular weight is 184 g/mol. The van der Waals surface area contributed by atoms with Crippen LogP contribution in [0.5, 0.6) is 0 Å². The lowest BCUT2D eigenvalue weighted by atomic mass is 9.90. The minimum atomic E-state index is 0.388. The van der Waals surface area contributed by atoms with Gasteiger partial charge in [-0.3, -0.25) is 0 Å². The number of nitrogens with two attached hydrogens (primary N) is 2. The Morgan fingerprint density at radius 1 is 0.846 bits per heavy atom. The fraction of sp³-hybridized carbons (Fsp3) is 1.00. The lowest BCUT2D eigenvalue weighted by molar-refractivity contribution is 0.365. The van der Waals surface area contributed by atoms with Crippen molar-refractivity contribution in [1.82, 2.24) is 0 Å². The first-order valence-electron chi connectivity index (χ1n) is 5.69. The summed E-state index contributed by atoms with van der Waals surface area (Å²) in [6.45, 7) is 2.32. The predicted octanol–water partition coefficient (Wildman–Crippen LogP) is 2.02. The molecule has 0 saturated heterocycles. The number of rotatable bonds is 0. The van der Waals surface area contributed by atoms with E-state index in [0.717, 1.165) is 18.8 Å². The highest BCUT2D eigenvalue weighted by Crippen LogP contribution is 2.19. The maximum Gasteiger partial charge on any atom is 0.00419 e. The van der Waals surface area contributed by atoms with Gasteiger partial charge in [-0.15, -0.1) is 0 Å². The SMILES string of the molecule is CC1CCCCC(N)CCC(N)C1. The summed E-state index contributed by atoms with van der Waals surface area (Å²) in [6.07, 6.45) is 8.59. The van der Waals surface area contributed by atoms with Crippen LogP contribution in [0.2, 0.25) is 0 Å². The minimum absolute atomic E-state index is 0.388. The summed E-state index contributed by atoms with van der Waals surface area (Å²) in [7, 11) is 0. The van der Waals surface area contributed by atoms with Gasteiger partial charge in [0, 0.05) is 12.1 Å². The molecular formula is C11H24N2. The Balaban J connectivity index is 2.32. The summed E-state index contributed by atoms with van der Waals surface area (Å²) in [6, 6.07) is 0.790. The van der Waals surface area contributed by atoms with Crippen LogP contribution in [0, 0.1) is 5.92 Å². The summed E-state index contributed by atoms with van der Waals surface area (Å²) >= 11 is 0. The molecule has 1 saturated carbocycles. The summed E-state index contributed by atoms with van der Waals surface area (Å²) < 4.78 is 0. The molecule has 1 aliphatic carbocycles. The monoisotopic (exact) mass is 184 g/mol. The van der Waals surface area contributed by atoms with Gasteiger partial charge >= 0.3 is 0 Å². The highest BCUT2D eigenvalue weighted by atomic mass is 14.7. The zero-order valence-corrected chi connectivity index (χ0v) is 8.84. The van der Waals surface area contributed by atoms with Gasteiger partial charge in [-0.2, -0.15) is 0 Å². The third kappa shape index (κ3) is 4.63. The molecule has 1 rings (SSSR count). The van der Waals surface area contributed by atoms with E-state index in [1.807, 2.05) is 0 Å². The smallest absolute Gasteiger partial charge is 0.00419 e. The van der Waals surface area contributed by atoms with E-state index in [1.54, 1.807) is 0 Å². The van der Waals surface area contributed by atoms with Crippen LogP contribution in [0.3, 0.4) is 0 Å². The molecule has 1 aliphatic rings. The summed E-state index contributed by atoms with van der Waals surface area (Å²) in [5.74, 6) is 0.810.